The zero-order valence-electron chi connectivity index (χ0n) is 8.99. The molecule has 1 heterocycles. The van der Waals surface area contributed by atoms with Gasteiger partial charge in [0.05, 0.1) is 12.7 Å². The van der Waals surface area contributed by atoms with Crippen molar-refractivity contribution < 1.29 is 4.74 Å². The Morgan fingerprint density at radius 3 is 2.80 bits per heavy atom. The Labute approximate surface area is 90.5 Å². The first-order valence-corrected chi connectivity index (χ1v) is 5.34. The van der Waals surface area contributed by atoms with Crippen LogP contribution in [0.3, 0.4) is 0 Å². The summed E-state index contributed by atoms with van der Waals surface area (Å²) in [5.41, 5.74) is 1.90. The molecule has 2 heteroatoms. The van der Waals surface area contributed by atoms with Gasteiger partial charge < -0.3 is 4.74 Å². The van der Waals surface area contributed by atoms with E-state index in [1.807, 2.05) is 18.2 Å². The largest absolute Gasteiger partial charge is 0.379 e. The van der Waals surface area contributed by atoms with Gasteiger partial charge in [-0.15, -0.1) is 0 Å². The minimum absolute atomic E-state index is 0.413. The molecule has 1 atom stereocenters. The molecule has 2 nitrogen and oxygen atoms in total. The van der Waals surface area contributed by atoms with Crippen LogP contribution in [0.2, 0.25) is 0 Å². The highest BCUT2D eigenvalue weighted by Gasteiger charge is 2.35. The Hall–Kier alpha value is -1.33. The molecule has 1 aromatic carbocycles. The van der Waals surface area contributed by atoms with Crippen LogP contribution >= 0.6 is 0 Å². The van der Waals surface area contributed by atoms with Crippen LogP contribution in [0.15, 0.2) is 24.3 Å². The van der Waals surface area contributed by atoms with Gasteiger partial charge in [0, 0.05) is 6.61 Å². The maximum atomic E-state index is 9.39. The first-order valence-electron chi connectivity index (χ1n) is 5.34. The van der Waals surface area contributed by atoms with Crippen molar-refractivity contribution in [3.05, 3.63) is 35.4 Å². The lowest BCUT2D eigenvalue weighted by atomic mass is 9.76. The Kier molecular flexibility index (Phi) is 2.75. The predicted molar refractivity (Wildman–Crippen MR) is 58.5 cm³/mol. The molecule has 1 aliphatic rings. The topological polar surface area (TPSA) is 33.0 Å². The summed E-state index contributed by atoms with van der Waals surface area (Å²) in [4.78, 5) is 0. The number of nitrogens with zero attached hydrogens (tertiary/aromatic N) is 1. The molecule has 0 aliphatic carbocycles. The third-order valence-electron chi connectivity index (χ3n) is 3.12. The Bertz CT molecular complexity index is 386. The van der Waals surface area contributed by atoms with E-state index in [0.29, 0.717) is 6.61 Å². The summed E-state index contributed by atoms with van der Waals surface area (Å²) in [7, 11) is 0. The number of hydrogen-bond donors (Lipinski definition) is 0. The fourth-order valence-electron chi connectivity index (χ4n) is 2.27. The highest BCUT2D eigenvalue weighted by atomic mass is 16.5. The van der Waals surface area contributed by atoms with E-state index in [0.717, 1.165) is 25.0 Å². The van der Waals surface area contributed by atoms with E-state index in [1.165, 1.54) is 5.56 Å². The van der Waals surface area contributed by atoms with Crippen molar-refractivity contribution in [2.24, 2.45) is 0 Å². The summed E-state index contributed by atoms with van der Waals surface area (Å²) >= 11 is 0. The molecule has 0 radical (unpaired) electrons. The SMILES string of the molecule is Cc1ccccc1[C@@]1(C#N)CCCOC1. The van der Waals surface area contributed by atoms with Gasteiger partial charge in [-0.1, -0.05) is 24.3 Å². The van der Waals surface area contributed by atoms with Crippen LogP contribution in [0.25, 0.3) is 0 Å². The van der Waals surface area contributed by atoms with Crippen molar-refractivity contribution in [1.29, 1.82) is 5.26 Å². The van der Waals surface area contributed by atoms with E-state index in [2.05, 4.69) is 19.1 Å². The molecule has 0 saturated carbocycles. The van der Waals surface area contributed by atoms with Crippen LogP contribution in [0.4, 0.5) is 0 Å². The van der Waals surface area contributed by atoms with Gasteiger partial charge >= 0.3 is 0 Å². The highest BCUT2D eigenvalue weighted by molar-refractivity contribution is 5.39. The maximum Gasteiger partial charge on any atom is 0.106 e. The van der Waals surface area contributed by atoms with Crippen molar-refractivity contribution in [3.8, 4) is 6.07 Å². The predicted octanol–water partition coefficient (Wildman–Crippen LogP) is 2.57. The summed E-state index contributed by atoms with van der Waals surface area (Å²) in [5.74, 6) is 0. The summed E-state index contributed by atoms with van der Waals surface area (Å²) in [6, 6.07) is 10.6. The third kappa shape index (κ3) is 1.75. The smallest absolute Gasteiger partial charge is 0.106 e. The van der Waals surface area contributed by atoms with Crippen LogP contribution in [0, 0.1) is 18.3 Å². The third-order valence-corrected chi connectivity index (χ3v) is 3.12. The number of rotatable bonds is 1. The van der Waals surface area contributed by atoms with Crippen LogP contribution in [-0.4, -0.2) is 13.2 Å². The fraction of sp³-hybridized carbons (Fsp3) is 0.462. The fourth-order valence-corrected chi connectivity index (χ4v) is 2.27. The molecule has 0 N–H and O–H groups in total. The second kappa shape index (κ2) is 4.04. The quantitative estimate of drug-likeness (QED) is 0.699. The molecule has 1 saturated heterocycles. The van der Waals surface area contributed by atoms with Crippen LogP contribution in [-0.2, 0) is 10.2 Å². The highest BCUT2D eigenvalue weighted by Crippen LogP contribution is 2.34. The monoisotopic (exact) mass is 201 g/mol. The number of benzene rings is 1. The lowest BCUT2D eigenvalue weighted by Gasteiger charge is -2.32. The van der Waals surface area contributed by atoms with E-state index in [1.54, 1.807) is 0 Å². The zero-order chi connectivity index (χ0) is 10.7. The first-order chi connectivity index (χ1) is 7.28. The summed E-state index contributed by atoms with van der Waals surface area (Å²) in [5, 5.41) is 9.39. The maximum absolute atomic E-state index is 9.39. The van der Waals surface area contributed by atoms with Gasteiger partial charge in [-0.3, -0.25) is 0 Å². The molecule has 15 heavy (non-hydrogen) atoms. The van der Waals surface area contributed by atoms with Crippen LogP contribution in [0.5, 0.6) is 0 Å². The Morgan fingerprint density at radius 1 is 1.40 bits per heavy atom. The lowest BCUT2D eigenvalue weighted by Crippen LogP contribution is -2.35. The molecule has 0 aromatic heterocycles. The minimum atomic E-state index is -0.413. The second-order valence-electron chi connectivity index (χ2n) is 4.16. The lowest BCUT2D eigenvalue weighted by molar-refractivity contribution is 0.0561. The summed E-state index contributed by atoms with van der Waals surface area (Å²) < 4.78 is 5.46. The molecule has 1 fully saturated rings. The van der Waals surface area contributed by atoms with E-state index in [9.17, 15) is 5.26 Å². The van der Waals surface area contributed by atoms with Gasteiger partial charge in [0.25, 0.3) is 0 Å². The molecule has 0 unspecified atom stereocenters. The van der Waals surface area contributed by atoms with Gasteiger partial charge in [0.1, 0.15) is 5.41 Å². The Balaban J connectivity index is 2.42. The summed E-state index contributed by atoms with van der Waals surface area (Å²) in [6.45, 7) is 3.38. The van der Waals surface area contributed by atoms with Crippen LogP contribution in [0.1, 0.15) is 24.0 Å². The molecular formula is C13H15NO. The van der Waals surface area contributed by atoms with E-state index in [-0.39, 0.29) is 0 Å². The first kappa shape index (κ1) is 10.2. The van der Waals surface area contributed by atoms with Crippen molar-refractivity contribution in [1.82, 2.24) is 0 Å². The Morgan fingerprint density at radius 2 is 2.20 bits per heavy atom. The van der Waals surface area contributed by atoms with Crippen molar-refractivity contribution in [3.63, 3.8) is 0 Å². The zero-order valence-corrected chi connectivity index (χ0v) is 8.99. The normalized spacial score (nSPS) is 25.9. The van der Waals surface area contributed by atoms with Gasteiger partial charge in [0.2, 0.25) is 0 Å². The molecular weight excluding hydrogens is 186 g/mol. The average Bonchev–Trinajstić information content (AvgIpc) is 2.30. The van der Waals surface area contributed by atoms with Crippen LogP contribution < -0.4 is 0 Å². The summed E-state index contributed by atoms with van der Waals surface area (Å²) in [6.07, 6.45) is 1.89. The molecule has 0 spiro atoms. The van der Waals surface area contributed by atoms with E-state index >= 15 is 0 Å². The standard InChI is InChI=1S/C13H15NO/c1-11-5-2-3-6-12(11)13(9-14)7-4-8-15-10-13/h2-3,5-6H,4,7-8,10H2,1H3/t13-/m1/s1. The van der Waals surface area contributed by atoms with Crippen molar-refractivity contribution >= 4 is 0 Å². The van der Waals surface area contributed by atoms with Gasteiger partial charge in [-0.05, 0) is 30.9 Å². The average molecular weight is 201 g/mol. The molecule has 1 aliphatic heterocycles. The molecule has 0 bridgehead atoms. The van der Waals surface area contributed by atoms with Crippen molar-refractivity contribution in [2.45, 2.75) is 25.2 Å². The minimum Gasteiger partial charge on any atom is -0.379 e. The number of aryl methyl sites for hydroxylation is 1. The number of ether oxygens (including phenoxy) is 1. The van der Waals surface area contributed by atoms with Gasteiger partial charge in [-0.2, -0.15) is 5.26 Å². The van der Waals surface area contributed by atoms with Gasteiger partial charge in [-0.25, -0.2) is 0 Å². The number of hydrogen-bond acceptors (Lipinski definition) is 2. The van der Waals surface area contributed by atoms with E-state index < -0.39 is 5.41 Å². The second-order valence-corrected chi connectivity index (χ2v) is 4.16. The molecule has 78 valence electrons. The van der Waals surface area contributed by atoms with E-state index in [4.69, 9.17) is 4.74 Å². The molecule has 0 amide bonds. The van der Waals surface area contributed by atoms with Gasteiger partial charge in [0.15, 0.2) is 0 Å². The molecule has 2 rings (SSSR count). The van der Waals surface area contributed by atoms with Crippen molar-refractivity contribution in [2.75, 3.05) is 13.2 Å². The number of nitriles is 1. The molecule has 1 aromatic rings.